The average Bonchev–Trinajstić information content (AvgIpc) is 3.40. The number of carbonyl (C=O) groups is 1. The molecule has 2 aromatic carbocycles. The number of para-hydroxylation sites is 3. The van der Waals surface area contributed by atoms with Gasteiger partial charge in [0.2, 0.25) is 5.82 Å². The van der Waals surface area contributed by atoms with Gasteiger partial charge < -0.3 is 14.6 Å². The normalized spacial score (nSPS) is 10.6. The summed E-state index contributed by atoms with van der Waals surface area (Å²) in [5.41, 5.74) is 1.75. The van der Waals surface area contributed by atoms with E-state index in [9.17, 15) is 4.79 Å². The van der Waals surface area contributed by atoms with Crippen molar-refractivity contribution >= 4 is 11.6 Å². The molecular weight excluding hydrogens is 360 g/mol. The van der Waals surface area contributed by atoms with E-state index < -0.39 is 5.91 Å². The van der Waals surface area contributed by atoms with Gasteiger partial charge in [0, 0.05) is 0 Å². The van der Waals surface area contributed by atoms with Gasteiger partial charge in [0.15, 0.2) is 5.69 Å². The highest BCUT2D eigenvalue weighted by Crippen LogP contribution is 2.24. The Morgan fingerprint density at radius 2 is 1.93 bits per heavy atom. The zero-order valence-electron chi connectivity index (χ0n) is 14.9. The highest BCUT2D eigenvalue weighted by atomic mass is 16.5. The van der Waals surface area contributed by atoms with E-state index in [-0.39, 0.29) is 11.7 Å². The fourth-order valence-corrected chi connectivity index (χ4v) is 2.52. The number of nitrogens with one attached hydrogen (secondary N) is 1. The molecule has 2 heterocycles. The number of hydrogen-bond acceptors (Lipinski definition) is 7. The van der Waals surface area contributed by atoms with Gasteiger partial charge in [-0.2, -0.15) is 4.98 Å². The molecule has 0 fully saturated rings. The van der Waals surface area contributed by atoms with Crippen molar-refractivity contribution in [1.29, 1.82) is 0 Å². The first-order valence-electron chi connectivity index (χ1n) is 8.59. The Labute approximate surface area is 160 Å². The van der Waals surface area contributed by atoms with Crippen LogP contribution in [-0.2, 0) is 0 Å². The van der Waals surface area contributed by atoms with E-state index in [1.807, 2.05) is 43.3 Å². The van der Waals surface area contributed by atoms with Crippen LogP contribution >= 0.6 is 0 Å². The second-order valence-corrected chi connectivity index (χ2v) is 5.69. The smallest absolute Gasteiger partial charge is 0.316 e. The Morgan fingerprint density at radius 1 is 1.14 bits per heavy atom. The monoisotopic (exact) mass is 376 g/mol. The number of nitrogens with zero attached hydrogens (tertiary/aromatic N) is 5. The van der Waals surface area contributed by atoms with Gasteiger partial charge in [0.25, 0.3) is 0 Å². The van der Waals surface area contributed by atoms with Crippen molar-refractivity contribution in [2.24, 2.45) is 0 Å². The summed E-state index contributed by atoms with van der Waals surface area (Å²) in [6.07, 6.45) is 1.66. The van der Waals surface area contributed by atoms with Crippen LogP contribution in [0.3, 0.4) is 0 Å². The zero-order chi connectivity index (χ0) is 19.3. The molecule has 140 valence electrons. The maximum atomic E-state index is 12.4. The number of aromatic nitrogens is 5. The van der Waals surface area contributed by atoms with E-state index in [4.69, 9.17) is 9.26 Å². The Bertz CT molecular complexity index is 1090. The summed E-state index contributed by atoms with van der Waals surface area (Å²) >= 11 is 0. The Hall–Kier alpha value is -4.01. The maximum Gasteiger partial charge on any atom is 0.316 e. The number of benzene rings is 2. The quantitative estimate of drug-likeness (QED) is 0.551. The Kier molecular flexibility index (Phi) is 4.79. The van der Waals surface area contributed by atoms with Crippen LogP contribution in [0.15, 0.2) is 65.3 Å². The molecule has 0 spiro atoms. The molecule has 4 rings (SSSR count). The SMILES string of the molecule is CCOc1ccccc1NC(=O)c1nc(-c2cn(-c3ccccc3)nn2)no1. The summed E-state index contributed by atoms with van der Waals surface area (Å²) in [4.78, 5) is 16.6. The molecule has 0 aliphatic rings. The minimum atomic E-state index is -0.540. The van der Waals surface area contributed by atoms with Gasteiger partial charge in [0.1, 0.15) is 5.75 Å². The molecule has 0 bridgehead atoms. The van der Waals surface area contributed by atoms with Gasteiger partial charge in [-0.3, -0.25) is 4.79 Å². The fourth-order valence-electron chi connectivity index (χ4n) is 2.52. The summed E-state index contributed by atoms with van der Waals surface area (Å²) < 4.78 is 12.2. The lowest BCUT2D eigenvalue weighted by atomic mass is 10.3. The summed E-state index contributed by atoms with van der Waals surface area (Å²) in [6, 6.07) is 16.6. The first-order chi connectivity index (χ1) is 13.7. The van der Waals surface area contributed by atoms with Crippen LogP contribution in [0.2, 0.25) is 0 Å². The van der Waals surface area contributed by atoms with E-state index in [1.54, 1.807) is 29.1 Å². The van der Waals surface area contributed by atoms with Crippen LogP contribution in [0.4, 0.5) is 5.69 Å². The van der Waals surface area contributed by atoms with Crippen LogP contribution in [0.25, 0.3) is 17.2 Å². The van der Waals surface area contributed by atoms with Gasteiger partial charge in [-0.05, 0) is 31.2 Å². The van der Waals surface area contributed by atoms with E-state index in [2.05, 4.69) is 25.8 Å². The lowest BCUT2D eigenvalue weighted by molar-refractivity contribution is 0.0981. The second-order valence-electron chi connectivity index (χ2n) is 5.69. The minimum absolute atomic E-state index is 0.172. The van der Waals surface area contributed by atoms with Crippen LogP contribution in [0.5, 0.6) is 5.75 Å². The second kappa shape index (κ2) is 7.70. The van der Waals surface area contributed by atoms with Crippen molar-refractivity contribution in [1.82, 2.24) is 25.1 Å². The fraction of sp³-hybridized carbons (Fsp3) is 0.105. The predicted octanol–water partition coefficient (Wildman–Crippen LogP) is 2.97. The standard InChI is InChI=1S/C19H16N6O3/c1-2-27-16-11-7-6-10-14(16)20-18(26)19-21-17(23-28-19)15-12-25(24-22-15)13-8-4-3-5-9-13/h3-12H,2H2,1H3,(H,20,26). The van der Waals surface area contributed by atoms with Crippen LogP contribution in [-0.4, -0.2) is 37.6 Å². The van der Waals surface area contributed by atoms with Crippen LogP contribution in [0.1, 0.15) is 17.6 Å². The lowest BCUT2D eigenvalue weighted by Crippen LogP contribution is -2.13. The molecular formula is C19H16N6O3. The van der Waals surface area contributed by atoms with Crippen LogP contribution in [0, 0.1) is 0 Å². The molecule has 0 aliphatic carbocycles. The lowest BCUT2D eigenvalue weighted by Gasteiger charge is -2.09. The highest BCUT2D eigenvalue weighted by Gasteiger charge is 2.19. The molecule has 0 unspecified atom stereocenters. The zero-order valence-corrected chi connectivity index (χ0v) is 14.9. The molecule has 0 saturated carbocycles. The summed E-state index contributed by atoms with van der Waals surface area (Å²) in [6.45, 7) is 2.35. The van der Waals surface area contributed by atoms with E-state index >= 15 is 0 Å². The molecule has 0 saturated heterocycles. The average molecular weight is 376 g/mol. The number of amides is 1. The molecule has 4 aromatic rings. The molecule has 0 radical (unpaired) electrons. The molecule has 2 aromatic heterocycles. The van der Waals surface area contributed by atoms with E-state index in [1.165, 1.54) is 0 Å². The topological polar surface area (TPSA) is 108 Å². The molecule has 9 heteroatoms. The van der Waals surface area contributed by atoms with Gasteiger partial charge in [-0.25, -0.2) is 4.68 Å². The predicted molar refractivity (Wildman–Crippen MR) is 100 cm³/mol. The number of rotatable bonds is 6. The van der Waals surface area contributed by atoms with Crippen molar-refractivity contribution < 1.29 is 14.1 Å². The van der Waals surface area contributed by atoms with Crippen LogP contribution < -0.4 is 10.1 Å². The number of anilines is 1. The van der Waals surface area contributed by atoms with Crippen molar-refractivity contribution in [3.63, 3.8) is 0 Å². The third-order valence-electron chi connectivity index (χ3n) is 3.80. The van der Waals surface area contributed by atoms with Crippen molar-refractivity contribution in [2.75, 3.05) is 11.9 Å². The maximum absolute atomic E-state index is 12.4. The summed E-state index contributed by atoms with van der Waals surface area (Å²) in [7, 11) is 0. The molecule has 9 nitrogen and oxygen atoms in total. The summed E-state index contributed by atoms with van der Waals surface area (Å²) in [5.74, 6) is 0.00577. The number of carbonyl (C=O) groups excluding carboxylic acids is 1. The van der Waals surface area contributed by atoms with Crippen molar-refractivity contribution in [3.05, 3.63) is 66.7 Å². The highest BCUT2D eigenvalue weighted by molar-refractivity contribution is 6.01. The molecule has 0 atom stereocenters. The largest absolute Gasteiger partial charge is 0.492 e. The first kappa shape index (κ1) is 17.4. The molecule has 1 N–H and O–H groups in total. The molecule has 28 heavy (non-hydrogen) atoms. The summed E-state index contributed by atoms with van der Waals surface area (Å²) in [5, 5.41) is 14.6. The number of ether oxygens (including phenoxy) is 1. The molecule has 0 aliphatic heterocycles. The number of hydrogen-bond donors (Lipinski definition) is 1. The van der Waals surface area contributed by atoms with Crippen molar-refractivity contribution in [2.45, 2.75) is 6.92 Å². The Balaban J connectivity index is 1.52. The third-order valence-corrected chi connectivity index (χ3v) is 3.80. The van der Waals surface area contributed by atoms with Gasteiger partial charge in [-0.15, -0.1) is 5.10 Å². The van der Waals surface area contributed by atoms with Gasteiger partial charge in [-0.1, -0.05) is 40.7 Å². The van der Waals surface area contributed by atoms with Gasteiger partial charge in [0.05, 0.1) is 24.2 Å². The Morgan fingerprint density at radius 3 is 2.75 bits per heavy atom. The minimum Gasteiger partial charge on any atom is -0.492 e. The van der Waals surface area contributed by atoms with Gasteiger partial charge >= 0.3 is 11.8 Å². The van der Waals surface area contributed by atoms with E-state index in [0.717, 1.165) is 5.69 Å². The van der Waals surface area contributed by atoms with E-state index in [0.29, 0.717) is 23.7 Å². The third kappa shape index (κ3) is 3.58. The van der Waals surface area contributed by atoms with Crippen molar-refractivity contribution in [3.8, 4) is 23.0 Å². The first-order valence-corrected chi connectivity index (χ1v) is 8.59. The molecule has 1 amide bonds.